The number of rotatable bonds is 1. The van der Waals surface area contributed by atoms with Crippen LogP contribution in [0.3, 0.4) is 0 Å². The first-order valence-corrected chi connectivity index (χ1v) is 4.89. The number of anilines is 1. The molecule has 0 aromatic heterocycles. The Morgan fingerprint density at radius 2 is 2.27 bits per heavy atom. The maximum Gasteiger partial charge on any atom is 0.253 e. The first kappa shape index (κ1) is 10.4. The molecule has 0 N–H and O–H groups in total. The highest BCUT2D eigenvalue weighted by atomic mass is 35.5. The lowest BCUT2D eigenvalue weighted by Crippen LogP contribution is -2.42. The van der Waals surface area contributed by atoms with Crippen LogP contribution in [0.5, 0.6) is 0 Å². The van der Waals surface area contributed by atoms with Crippen LogP contribution >= 0.6 is 11.6 Å². The fraction of sp³-hybridized carbons (Fsp3) is 0.300. The highest BCUT2D eigenvalue weighted by molar-refractivity contribution is 6.30. The van der Waals surface area contributed by atoms with Crippen molar-refractivity contribution in [1.82, 2.24) is 0 Å². The second-order valence-corrected chi connectivity index (χ2v) is 3.63. The molecule has 0 bridgehead atoms. The molecular formula is C10H9ClFNO2. The lowest BCUT2D eigenvalue weighted by molar-refractivity contribution is -0.125. The van der Waals surface area contributed by atoms with E-state index in [0.717, 1.165) is 0 Å². The maximum atomic E-state index is 13.5. The fourth-order valence-corrected chi connectivity index (χ4v) is 1.63. The minimum atomic E-state index is -0.488. The third kappa shape index (κ3) is 2.11. The lowest BCUT2D eigenvalue weighted by Gasteiger charge is -2.27. The summed E-state index contributed by atoms with van der Waals surface area (Å²) >= 11 is 5.62. The van der Waals surface area contributed by atoms with Crippen molar-refractivity contribution in [3.05, 3.63) is 29.0 Å². The predicted octanol–water partition coefficient (Wildman–Crippen LogP) is 1.84. The number of morpholine rings is 1. The van der Waals surface area contributed by atoms with Gasteiger partial charge in [0.2, 0.25) is 0 Å². The molecule has 1 aliphatic heterocycles. The maximum absolute atomic E-state index is 13.5. The zero-order chi connectivity index (χ0) is 10.8. The summed E-state index contributed by atoms with van der Waals surface area (Å²) in [5.74, 6) is -0.722. The van der Waals surface area contributed by atoms with Gasteiger partial charge in [-0.2, -0.15) is 0 Å². The Labute approximate surface area is 91.4 Å². The summed E-state index contributed by atoms with van der Waals surface area (Å²) in [6, 6.07) is 4.25. The minimum Gasteiger partial charge on any atom is -0.370 e. The van der Waals surface area contributed by atoms with E-state index in [-0.39, 0.29) is 18.2 Å². The first-order chi connectivity index (χ1) is 7.18. The van der Waals surface area contributed by atoms with Crippen molar-refractivity contribution in [2.75, 3.05) is 24.7 Å². The number of halogens is 2. The van der Waals surface area contributed by atoms with Gasteiger partial charge in [-0.1, -0.05) is 11.6 Å². The molecule has 5 heteroatoms. The molecule has 1 aromatic rings. The number of amides is 1. The quantitative estimate of drug-likeness (QED) is 0.736. The first-order valence-electron chi connectivity index (χ1n) is 4.51. The second kappa shape index (κ2) is 4.16. The van der Waals surface area contributed by atoms with E-state index in [0.29, 0.717) is 18.2 Å². The summed E-state index contributed by atoms with van der Waals surface area (Å²) in [5.41, 5.74) is 0.257. The molecule has 1 amide bonds. The van der Waals surface area contributed by atoms with E-state index >= 15 is 0 Å². The van der Waals surface area contributed by atoms with Crippen LogP contribution in [0.1, 0.15) is 0 Å². The van der Waals surface area contributed by atoms with Gasteiger partial charge in [0.05, 0.1) is 12.3 Å². The van der Waals surface area contributed by atoms with E-state index < -0.39 is 5.82 Å². The van der Waals surface area contributed by atoms with Crippen LogP contribution in [0.2, 0.25) is 5.02 Å². The second-order valence-electron chi connectivity index (χ2n) is 3.19. The largest absolute Gasteiger partial charge is 0.370 e. The molecule has 1 aliphatic rings. The SMILES string of the molecule is O=C1COCCN1c1ccc(Cl)cc1F. The molecule has 0 atom stereocenters. The summed E-state index contributed by atoms with van der Waals surface area (Å²) in [5, 5.41) is 0.317. The van der Waals surface area contributed by atoms with Gasteiger partial charge in [-0.15, -0.1) is 0 Å². The molecule has 2 rings (SSSR count). The molecule has 1 aromatic carbocycles. The molecule has 0 unspecified atom stereocenters. The molecule has 1 saturated heterocycles. The van der Waals surface area contributed by atoms with Crippen molar-refractivity contribution < 1.29 is 13.9 Å². The Kier molecular flexibility index (Phi) is 2.88. The summed E-state index contributed by atoms with van der Waals surface area (Å²) in [7, 11) is 0. The monoisotopic (exact) mass is 229 g/mol. The third-order valence-corrected chi connectivity index (χ3v) is 2.42. The van der Waals surface area contributed by atoms with Crippen molar-refractivity contribution in [3.8, 4) is 0 Å². The number of hydrogen-bond donors (Lipinski definition) is 0. The van der Waals surface area contributed by atoms with Crippen LogP contribution in [0.15, 0.2) is 18.2 Å². The van der Waals surface area contributed by atoms with Gasteiger partial charge in [0.1, 0.15) is 12.4 Å². The number of carbonyl (C=O) groups excluding carboxylic acids is 1. The molecule has 1 heterocycles. The van der Waals surface area contributed by atoms with E-state index in [1.807, 2.05) is 0 Å². The van der Waals surface area contributed by atoms with Gasteiger partial charge < -0.3 is 9.64 Å². The summed E-state index contributed by atoms with van der Waals surface area (Å²) in [6.07, 6.45) is 0. The number of carbonyl (C=O) groups is 1. The van der Waals surface area contributed by atoms with Gasteiger partial charge in [-0.05, 0) is 18.2 Å². The standard InChI is InChI=1S/C10H9ClFNO2/c11-7-1-2-9(8(12)5-7)13-3-4-15-6-10(13)14/h1-2,5H,3-4,6H2. The average Bonchev–Trinajstić information content (AvgIpc) is 2.20. The molecule has 0 spiro atoms. The molecule has 15 heavy (non-hydrogen) atoms. The van der Waals surface area contributed by atoms with Crippen LogP contribution in [0.25, 0.3) is 0 Å². The molecule has 80 valence electrons. The lowest BCUT2D eigenvalue weighted by atomic mass is 10.2. The van der Waals surface area contributed by atoms with E-state index in [1.54, 1.807) is 6.07 Å². The molecule has 0 radical (unpaired) electrons. The predicted molar refractivity (Wildman–Crippen MR) is 54.6 cm³/mol. The molecule has 3 nitrogen and oxygen atoms in total. The van der Waals surface area contributed by atoms with Gasteiger partial charge in [-0.3, -0.25) is 4.79 Å². The van der Waals surface area contributed by atoms with Crippen molar-refractivity contribution in [2.24, 2.45) is 0 Å². The number of nitrogens with zero attached hydrogens (tertiary/aromatic N) is 1. The van der Waals surface area contributed by atoms with Crippen LogP contribution in [0.4, 0.5) is 10.1 Å². The van der Waals surface area contributed by atoms with Crippen LogP contribution in [-0.4, -0.2) is 25.7 Å². The molecular weight excluding hydrogens is 221 g/mol. The zero-order valence-electron chi connectivity index (χ0n) is 7.87. The fourth-order valence-electron chi connectivity index (χ4n) is 1.47. The van der Waals surface area contributed by atoms with Crippen molar-refractivity contribution in [2.45, 2.75) is 0 Å². The van der Waals surface area contributed by atoms with Crippen molar-refractivity contribution in [3.63, 3.8) is 0 Å². The topological polar surface area (TPSA) is 29.5 Å². The molecule has 1 fully saturated rings. The van der Waals surface area contributed by atoms with Gasteiger partial charge in [0, 0.05) is 11.6 Å². The van der Waals surface area contributed by atoms with E-state index in [1.165, 1.54) is 17.0 Å². The van der Waals surface area contributed by atoms with Gasteiger partial charge in [-0.25, -0.2) is 4.39 Å². The van der Waals surface area contributed by atoms with Crippen molar-refractivity contribution in [1.29, 1.82) is 0 Å². The smallest absolute Gasteiger partial charge is 0.253 e. The molecule has 0 aliphatic carbocycles. The average molecular weight is 230 g/mol. The third-order valence-electron chi connectivity index (χ3n) is 2.19. The Balaban J connectivity index is 2.31. The Morgan fingerprint density at radius 3 is 2.93 bits per heavy atom. The Morgan fingerprint density at radius 1 is 1.47 bits per heavy atom. The minimum absolute atomic E-state index is 0.00205. The summed E-state index contributed by atoms with van der Waals surface area (Å²) in [6.45, 7) is 0.799. The number of benzene rings is 1. The number of hydrogen-bond acceptors (Lipinski definition) is 2. The van der Waals surface area contributed by atoms with E-state index in [4.69, 9.17) is 16.3 Å². The van der Waals surface area contributed by atoms with Gasteiger partial charge in [0.15, 0.2) is 0 Å². The van der Waals surface area contributed by atoms with E-state index in [2.05, 4.69) is 0 Å². The van der Waals surface area contributed by atoms with Gasteiger partial charge in [0.25, 0.3) is 5.91 Å². The van der Waals surface area contributed by atoms with Crippen LogP contribution in [-0.2, 0) is 9.53 Å². The highest BCUT2D eigenvalue weighted by Crippen LogP contribution is 2.23. The summed E-state index contributed by atoms with van der Waals surface area (Å²) < 4.78 is 18.4. The van der Waals surface area contributed by atoms with Crippen LogP contribution in [0, 0.1) is 5.82 Å². The zero-order valence-corrected chi connectivity index (χ0v) is 8.63. The van der Waals surface area contributed by atoms with E-state index in [9.17, 15) is 9.18 Å². The Bertz CT molecular complexity index is 397. The summed E-state index contributed by atoms with van der Waals surface area (Å²) in [4.78, 5) is 12.8. The Hall–Kier alpha value is -1.13. The normalized spacial score (nSPS) is 16.9. The highest BCUT2D eigenvalue weighted by Gasteiger charge is 2.22. The number of ether oxygens (including phenoxy) is 1. The molecule has 0 saturated carbocycles. The van der Waals surface area contributed by atoms with Crippen molar-refractivity contribution >= 4 is 23.2 Å². The van der Waals surface area contributed by atoms with Gasteiger partial charge >= 0.3 is 0 Å². The van der Waals surface area contributed by atoms with Crippen LogP contribution < -0.4 is 4.90 Å².